The van der Waals surface area contributed by atoms with E-state index in [0.29, 0.717) is 127 Å². The summed E-state index contributed by atoms with van der Waals surface area (Å²) in [5.74, 6) is 4.27. The molecule has 814 valence electrons. The first kappa shape index (κ1) is 124. The molecule has 23 N–H and O–H groups in total. The molecule has 6 fully saturated rings. The first-order chi connectivity index (χ1) is 65.7. The number of aliphatic hydroxyl groups is 12. The quantitative estimate of drug-likeness (QED) is 0.0313. The van der Waals surface area contributed by atoms with Gasteiger partial charge in [0.15, 0.2) is 45.7 Å². The molecule has 0 radical (unpaired) electrons. The lowest BCUT2D eigenvalue weighted by atomic mass is 9.94. The number of nitrogens with zero attached hydrogens (tertiary/aromatic N) is 12. The fourth-order valence-electron chi connectivity index (χ4n) is 16.5. The van der Waals surface area contributed by atoms with E-state index in [1.807, 2.05) is 20.8 Å². The minimum atomic E-state index is -1.97. The Hall–Kier alpha value is -6.57. The van der Waals surface area contributed by atoms with Crippen LogP contribution in [0.1, 0.15) is 107 Å². The number of hydrogen-bond donors (Lipinski definition) is 18. The maximum Gasteiger partial charge on any atom is 0.222 e. The average molecular weight is 2150 g/mol. The van der Waals surface area contributed by atoms with Crippen LogP contribution >= 0.6 is 41.3 Å². The summed E-state index contributed by atoms with van der Waals surface area (Å²) in [5.41, 5.74) is 27.3. The van der Waals surface area contributed by atoms with Crippen molar-refractivity contribution in [3.63, 3.8) is 0 Å². The number of carbonyl (C=O) groups excluding carboxylic acids is 1. The van der Waals surface area contributed by atoms with E-state index in [-0.39, 0.29) is 10.9 Å². The molecule has 6 unspecified atom stereocenters. The van der Waals surface area contributed by atoms with Crippen LogP contribution in [0.2, 0.25) is 18.1 Å². The Morgan fingerprint density at radius 1 is 0.438 bits per heavy atom. The highest BCUT2D eigenvalue weighted by atomic mass is 31.2. The predicted molar refractivity (Wildman–Crippen MR) is 606 cm³/mol. The Bertz CT molecular complexity index is 5280. The van der Waals surface area contributed by atoms with E-state index in [4.69, 9.17) is 61.5 Å². The van der Waals surface area contributed by atoms with Crippen molar-refractivity contribution in [1.29, 1.82) is 0 Å². The molecule has 0 aliphatic carbocycles. The van der Waals surface area contributed by atoms with E-state index in [1.165, 1.54) is 6.92 Å². The van der Waals surface area contributed by atoms with Gasteiger partial charge in [0, 0.05) is 60.8 Å². The Labute approximate surface area is 856 Å². The molecule has 0 bridgehead atoms. The first-order valence-electron chi connectivity index (χ1n) is 48.2. The summed E-state index contributed by atoms with van der Waals surface area (Å²) in [6, 6.07) is 0. The van der Waals surface area contributed by atoms with Gasteiger partial charge in [-0.2, -0.15) is 0 Å². The number of amidine groups is 6. The van der Waals surface area contributed by atoms with Gasteiger partial charge < -0.3 is 158 Å². The fourth-order valence-corrected chi connectivity index (χ4v) is 23.2. The normalized spacial score (nSPS) is 32.7. The van der Waals surface area contributed by atoms with Gasteiger partial charge >= 0.3 is 0 Å². The smallest absolute Gasteiger partial charge is 0.222 e. The number of rotatable bonds is 28. The molecule has 0 spiro atoms. The molecule has 0 saturated carbocycles. The summed E-state index contributed by atoms with van der Waals surface area (Å²) in [5, 5.41) is 128. The van der Waals surface area contributed by atoms with Gasteiger partial charge in [-0.15, -0.1) is 79.1 Å². The lowest BCUT2D eigenvalue weighted by molar-refractivity contribution is -0.117. The maximum absolute atomic E-state index is 11.3. The zero-order valence-electron chi connectivity index (χ0n) is 89.3. The monoisotopic (exact) mass is 2150 g/mol. The molecular formula is C99H174N18O20P6Si. The molecule has 6 saturated heterocycles. The van der Waals surface area contributed by atoms with E-state index in [2.05, 4.69) is 226 Å². The summed E-state index contributed by atoms with van der Waals surface area (Å²) in [6.45, 7) is 62.8. The first-order valence-corrected chi connectivity index (χ1v) is 69.4. The average Bonchev–Trinajstić information content (AvgIpc) is 1.60. The van der Waals surface area contributed by atoms with Crippen LogP contribution < -0.4 is 34.0 Å². The zero-order chi connectivity index (χ0) is 109. The van der Waals surface area contributed by atoms with Gasteiger partial charge in [-0.05, 0) is 226 Å². The molecule has 12 heterocycles. The van der Waals surface area contributed by atoms with Gasteiger partial charge in [0.05, 0.1) is 42.7 Å². The molecule has 12 aliphatic rings. The minimum Gasteiger partial charge on any atom is -0.412 e. The van der Waals surface area contributed by atoms with Crippen molar-refractivity contribution in [2.45, 2.75) is 271 Å². The highest BCUT2D eigenvalue weighted by molar-refractivity contribution is 7.73. The van der Waals surface area contributed by atoms with Gasteiger partial charge in [0.2, 0.25) is 5.91 Å². The summed E-state index contributed by atoms with van der Waals surface area (Å²) >= 11 is 0. The van der Waals surface area contributed by atoms with Crippen LogP contribution in [0.5, 0.6) is 0 Å². The van der Waals surface area contributed by atoms with Gasteiger partial charge in [0.25, 0.3) is 0 Å². The van der Waals surface area contributed by atoms with Crippen LogP contribution in [0, 0.1) is 0 Å². The van der Waals surface area contributed by atoms with Crippen LogP contribution in [0.4, 0.5) is 0 Å². The number of ether oxygens (including phenoxy) is 6. The third kappa shape index (κ3) is 33.7. The molecule has 24 atom stereocenters. The third-order valence-corrected chi connectivity index (χ3v) is 39.9. The summed E-state index contributed by atoms with van der Waals surface area (Å²) in [7, 11) is -1.97. The maximum atomic E-state index is 11.3. The number of nitrogens with two attached hydrogens (primary N) is 5. The summed E-state index contributed by atoms with van der Waals surface area (Å²) < 4.78 is 42.0. The van der Waals surface area contributed by atoms with Crippen molar-refractivity contribution in [1.82, 2.24) is 34.7 Å². The molecule has 12 aliphatic heterocycles. The lowest BCUT2D eigenvalue weighted by Crippen LogP contribution is -2.51. The number of aliphatic imine (C=N–C) groups is 6. The van der Waals surface area contributed by atoms with Crippen LogP contribution in [0.3, 0.4) is 0 Å². The second-order valence-electron chi connectivity index (χ2n) is 45.1. The number of hydrogen-bond acceptors (Lipinski definition) is 37. The van der Waals surface area contributed by atoms with Crippen molar-refractivity contribution >= 4 is 128 Å². The fraction of sp³-hybridized carbons (Fsp3) is 0.626. The van der Waals surface area contributed by atoms with E-state index in [1.54, 1.807) is 98.7 Å². The van der Waals surface area contributed by atoms with Crippen LogP contribution in [0.15, 0.2) is 177 Å². The highest BCUT2D eigenvalue weighted by Crippen LogP contribution is 2.49. The molecule has 45 heteroatoms. The van der Waals surface area contributed by atoms with Crippen LogP contribution in [0.25, 0.3) is 0 Å². The largest absolute Gasteiger partial charge is 0.412 e. The molecular weight excluding hydrogens is 1980 g/mol. The van der Waals surface area contributed by atoms with Crippen molar-refractivity contribution < 1.29 is 98.9 Å². The third-order valence-electron chi connectivity index (χ3n) is 26.6. The van der Waals surface area contributed by atoms with Crippen molar-refractivity contribution in [2.24, 2.45) is 58.6 Å². The zero-order valence-corrected chi connectivity index (χ0v) is 95.6. The molecule has 12 rings (SSSR count). The molecule has 0 aromatic heterocycles. The summed E-state index contributed by atoms with van der Waals surface area (Å²) in [6.07, 6.45) is 33.3. The molecule has 38 nitrogen and oxygen atoms in total. The number of carbonyl (C=O) groups is 1. The molecule has 0 aromatic carbocycles. The Morgan fingerprint density at radius 3 is 1.08 bits per heavy atom. The Balaban J connectivity index is 0.000000235. The van der Waals surface area contributed by atoms with E-state index in [0.717, 1.165) is 48.1 Å². The second-order valence-corrected chi connectivity index (χ2v) is 75.8. The molecule has 144 heavy (non-hydrogen) atoms. The predicted octanol–water partition coefficient (Wildman–Crippen LogP) is 6.05. The van der Waals surface area contributed by atoms with Crippen molar-refractivity contribution in [3.05, 3.63) is 147 Å². The molecule has 0 aromatic rings. The van der Waals surface area contributed by atoms with Gasteiger partial charge in [-0.3, -0.25) is 4.79 Å². The molecule has 1 amide bonds. The van der Waals surface area contributed by atoms with E-state index >= 15 is 0 Å². The topological polar surface area (TPSA) is 560 Å². The van der Waals surface area contributed by atoms with Gasteiger partial charge in [-0.25, -0.2) is 30.0 Å². The SMILES string of the molecule is C=C1N=C(N)C(C)=CN1C1O[C@H](CCP(=C)(C)C)[C@@H](O)[C@H]1O.C=C1N=C(N)C(CO[Si](C)(C)C(C)(C)C)=CN1C1O[C@H](CCP(=C)(C)C)[C@@H](O)[C@H]1O.C=C1N=C(N)C=CN1C1O[C@H](CCP(=C)(C)C)[C@@H](O)[C@@]1(C)O.C=C1N=C(N)C=CN1C1O[C@H](CCP(=C)(C)C)[C@@H](O)[C@]1(C)O.C=C1N=C(N)C=CN1C1O[C@](C)(CCP(=C)(C)C)[C@@H](O)[C@H]1O.C=C1N=C(NC(C)=O)C(CC)=CN1C1O[C@H](CCP(=C)(C)C)[C@@H](O)[C@H]1O. The van der Waals surface area contributed by atoms with Crippen LogP contribution in [-0.2, 0) is 37.6 Å². The van der Waals surface area contributed by atoms with Gasteiger partial charge in [-0.1, -0.05) is 67.2 Å². The Kier molecular flexibility index (Phi) is 42.5. The van der Waals surface area contributed by atoms with Crippen LogP contribution in [-0.4, -0.2) is 447 Å². The number of amides is 1. The minimum absolute atomic E-state index is 0.0735. The van der Waals surface area contributed by atoms with Crippen molar-refractivity contribution in [3.8, 4) is 0 Å². The van der Waals surface area contributed by atoms with E-state index < -0.39 is 195 Å². The number of aliphatic hydroxyl groups excluding tert-OH is 10. The lowest BCUT2D eigenvalue weighted by Gasteiger charge is -2.37. The Morgan fingerprint density at radius 2 is 0.750 bits per heavy atom. The number of nitrogens with one attached hydrogen (secondary N) is 1. The van der Waals surface area contributed by atoms with Gasteiger partial charge in [0.1, 0.15) is 142 Å². The highest BCUT2D eigenvalue weighted by Gasteiger charge is 2.58. The summed E-state index contributed by atoms with van der Waals surface area (Å²) in [4.78, 5) is 46.1. The van der Waals surface area contributed by atoms with E-state index in [9.17, 15) is 66.1 Å². The van der Waals surface area contributed by atoms with Crippen molar-refractivity contribution in [2.75, 3.05) is 124 Å². The standard InChI is InChI=1S/C21H40N3O4PSi.C18H30N3O4P.4C15H26N3O3P/c1-14-23-19(22)15(13-27-30(8,9)21(2,3)4)12-24(14)20-18(26)17(25)16(28-20)10-11-29(5,6)7;1-7-13-10-21(11(2)19-17(13)20-12(3)22)18-16(24)15(23)14(25-18)8-9-26(4,5)6;2*1-10-17-12(16)6-8-18(10)14-15(2,20)13(19)11(21-14)7-9-22(3,4)5;1-10-17-11(16)6-8-18(10)14-12(19)13(20)15(2,21-14)7-9-22(3,4)5;1-9-8-18(10(2)17-14(9)16)15-13(20)12(19)11(21-15)6-7-22(3,4)5/h12,16-18,20,25-26H,1,5,10-11,13H2,2-4,6-9H3,(H2,22,23);10,14-16,18,23-24H,2,4,7-9H2,1,3,5-6H3,(H,19,20,22);2*6,8,11,13-14,19-20H,1,3,7,9H2,2,4-5H3,(H2,16,17);6,8,12-14,19-20H,1,3,7,9H2,2,4-5H3,(H2,16,17);8,11-13,15,19-20H,2-3,6-7H2,1,4-5H3,(H2,16,17)/t16-,17-,18-,20?;14-,15-,16-,18?;11-,13-,14?,15+;11-,13-,14?,15-;12-,13+,14?,15-;11-,12-,13-,15?/m111111/s1. The second kappa shape index (κ2) is 49.2.